The van der Waals surface area contributed by atoms with Crippen molar-refractivity contribution in [3.8, 4) is 0 Å². The van der Waals surface area contributed by atoms with Gasteiger partial charge in [-0.15, -0.1) is 0 Å². The van der Waals surface area contributed by atoms with Gasteiger partial charge < -0.3 is 5.32 Å². The molecule has 0 aliphatic heterocycles. The minimum absolute atomic E-state index is 0.165. The van der Waals surface area contributed by atoms with Gasteiger partial charge in [0, 0.05) is 6.92 Å². The molecular formula is C17H9F26NO. The summed E-state index contributed by atoms with van der Waals surface area (Å²) in [5, 5.41) is 0.796. The van der Waals surface area contributed by atoms with Gasteiger partial charge in [0.25, 0.3) is 0 Å². The summed E-state index contributed by atoms with van der Waals surface area (Å²) in [5.74, 6) is -75.3. The third-order valence-corrected chi connectivity index (χ3v) is 4.76. The maximum atomic E-state index is 13.1. The van der Waals surface area contributed by atoms with Crippen LogP contribution in [0.2, 0.25) is 0 Å². The highest BCUT2D eigenvalue weighted by Crippen LogP contribution is 2.61. The highest BCUT2D eigenvalue weighted by molar-refractivity contribution is 5.86. The number of carbonyl (C=O) groups is 1. The fourth-order valence-electron chi connectivity index (χ4n) is 2.03. The van der Waals surface area contributed by atoms with Crippen LogP contribution >= 0.6 is 0 Å². The van der Waals surface area contributed by atoms with Gasteiger partial charge in [-0.05, 0) is 6.08 Å². The summed E-state index contributed by atoms with van der Waals surface area (Å²) in [7, 11) is 0. The van der Waals surface area contributed by atoms with E-state index >= 15 is 0 Å². The Morgan fingerprint density at radius 1 is 0.467 bits per heavy atom. The minimum Gasteiger partial charge on any atom is -0.346 e. The Labute approximate surface area is 229 Å². The molecule has 0 heterocycles. The van der Waals surface area contributed by atoms with E-state index in [1.807, 2.05) is 0 Å². The number of hydrogen-bond acceptors (Lipinski definition) is 1. The first-order chi connectivity index (χ1) is 19.0. The van der Waals surface area contributed by atoms with Gasteiger partial charge in [-0.25, -0.2) is 0 Å². The number of halogens is 26. The average molecular weight is 737 g/mol. The van der Waals surface area contributed by atoms with Crippen molar-refractivity contribution in [1.29, 1.82) is 0 Å². The predicted molar refractivity (Wildman–Crippen MR) is 90.5 cm³/mol. The molecule has 0 spiro atoms. The van der Waals surface area contributed by atoms with Crippen molar-refractivity contribution in [2.45, 2.75) is 78.5 Å². The van der Waals surface area contributed by atoms with E-state index in [9.17, 15) is 119 Å². The summed E-state index contributed by atoms with van der Waals surface area (Å²) < 4.78 is 322. The molecule has 2 nitrogen and oxygen atoms in total. The molecule has 0 rings (SSSR count). The second-order valence-corrected chi connectivity index (χ2v) is 8.11. The molecule has 0 atom stereocenters. The lowest BCUT2D eigenvalue weighted by atomic mass is 9.94. The zero-order valence-electron chi connectivity index (χ0n) is 20.2. The van der Waals surface area contributed by atoms with Crippen LogP contribution in [0.1, 0.15) is 6.92 Å². The molecular weight excluding hydrogens is 728 g/mol. The van der Waals surface area contributed by atoms with Gasteiger partial charge in [-0.2, -0.15) is 114 Å². The second-order valence-electron chi connectivity index (χ2n) is 8.11. The molecule has 1 N–H and O–H groups in total. The van der Waals surface area contributed by atoms with Crippen LogP contribution < -0.4 is 5.32 Å². The Balaban J connectivity index is 0. The molecule has 45 heavy (non-hydrogen) atoms. The van der Waals surface area contributed by atoms with Gasteiger partial charge in [0.05, 0.1) is 6.54 Å². The van der Waals surface area contributed by atoms with Gasteiger partial charge in [-0.3, -0.25) is 4.79 Å². The molecule has 0 fully saturated rings. The van der Waals surface area contributed by atoms with E-state index in [1.54, 1.807) is 0 Å². The first-order valence-electron chi connectivity index (χ1n) is 9.77. The van der Waals surface area contributed by atoms with Gasteiger partial charge in [-0.1, -0.05) is 6.58 Å². The average Bonchev–Trinajstić information content (AvgIpc) is 2.79. The minimum atomic E-state index is -7.95. The zero-order valence-corrected chi connectivity index (χ0v) is 20.2. The molecule has 0 saturated heterocycles. The molecule has 0 aromatic heterocycles. The van der Waals surface area contributed by atoms with Crippen LogP contribution in [0.3, 0.4) is 0 Å². The number of carbonyl (C=O) groups excluding carboxylic acids is 1. The largest absolute Gasteiger partial charge is 0.460 e. The Bertz CT molecular complexity index is 1010. The normalized spacial score (nSPS) is 15.7. The monoisotopic (exact) mass is 737 g/mol. The third kappa shape index (κ3) is 7.06. The molecule has 28 heteroatoms. The number of hydrogen-bond donors (Lipinski definition) is 1. The van der Waals surface area contributed by atoms with E-state index in [2.05, 4.69) is 6.58 Å². The van der Waals surface area contributed by atoms with Crippen LogP contribution in [-0.2, 0) is 4.79 Å². The van der Waals surface area contributed by atoms with Crippen molar-refractivity contribution in [2.75, 3.05) is 6.54 Å². The Morgan fingerprint density at radius 2 is 0.711 bits per heavy atom. The summed E-state index contributed by atoms with van der Waals surface area (Å²) >= 11 is 0. The van der Waals surface area contributed by atoms with Crippen molar-refractivity contribution in [2.24, 2.45) is 0 Å². The molecule has 0 saturated carbocycles. The van der Waals surface area contributed by atoms with Crippen molar-refractivity contribution in [3.05, 3.63) is 12.7 Å². The maximum absolute atomic E-state index is 13.1. The van der Waals surface area contributed by atoms with Crippen molar-refractivity contribution < 1.29 is 119 Å². The molecule has 0 aliphatic carbocycles. The van der Waals surface area contributed by atoms with Crippen LogP contribution in [-0.4, -0.2) is 84.0 Å². The molecule has 270 valence electrons. The highest BCUT2D eigenvalue weighted by Gasteiger charge is 2.91. The molecule has 0 unspecified atom stereocenters. The summed E-state index contributed by atoms with van der Waals surface area (Å²) in [6.07, 6.45) is -14.7. The zero-order chi connectivity index (χ0) is 37.7. The maximum Gasteiger partial charge on any atom is 0.460 e. The summed E-state index contributed by atoms with van der Waals surface area (Å²) in [6.45, 7) is -1.19. The fourth-order valence-corrected chi connectivity index (χ4v) is 2.03. The number of alkyl halides is 26. The van der Waals surface area contributed by atoms with Crippen molar-refractivity contribution >= 4 is 5.91 Å². The van der Waals surface area contributed by atoms with Crippen molar-refractivity contribution in [3.63, 3.8) is 0 Å². The first kappa shape index (κ1) is 44.5. The van der Waals surface area contributed by atoms with E-state index in [4.69, 9.17) is 0 Å². The fraction of sp³-hybridized carbons (Fsp3) is 0.824. The quantitative estimate of drug-likeness (QED) is 0.167. The Kier molecular flexibility index (Phi) is 11.8. The molecule has 0 bridgehead atoms. The third-order valence-electron chi connectivity index (χ3n) is 4.76. The molecule has 0 aromatic carbocycles. The van der Waals surface area contributed by atoms with Crippen LogP contribution in [0.5, 0.6) is 0 Å². The molecule has 1 amide bonds. The molecule has 0 radical (unpaired) electrons. The number of amides is 1. The Hall–Kier alpha value is -2.61. The second kappa shape index (κ2) is 11.9. The van der Waals surface area contributed by atoms with E-state index in [-0.39, 0.29) is 6.08 Å². The van der Waals surface area contributed by atoms with Gasteiger partial charge >= 0.3 is 71.6 Å². The van der Waals surface area contributed by atoms with Gasteiger partial charge in [0.2, 0.25) is 5.91 Å². The van der Waals surface area contributed by atoms with E-state index in [0.717, 1.165) is 5.32 Å². The van der Waals surface area contributed by atoms with E-state index < -0.39 is 91.0 Å². The van der Waals surface area contributed by atoms with Crippen LogP contribution in [0.15, 0.2) is 12.7 Å². The predicted octanol–water partition coefficient (Wildman–Crippen LogP) is 8.77. The van der Waals surface area contributed by atoms with Crippen LogP contribution in [0, 0.1) is 0 Å². The van der Waals surface area contributed by atoms with E-state index in [0.29, 0.717) is 0 Å². The standard InChI is InChI=1S/C10H6F13NO.C7H3F13/c1-2-4(25)24-3-5(11,12)6(13,14)7(15,16)8(17,18)9(19,20)10(21,22)23;1-2(8,9)3(10,11)4(12,13)5(14,15)6(16,17)7(18,19)20/h2H,1,3H2,(H,24,25);1H3. The lowest BCUT2D eigenvalue weighted by molar-refractivity contribution is -0.439. The number of nitrogens with one attached hydrogen (secondary N) is 1. The summed E-state index contributed by atoms with van der Waals surface area (Å²) in [4.78, 5) is 10.5. The van der Waals surface area contributed by atoms with Crippen molar-refractivity contribution in [1.82, 2.24) is 5.32 Å². The highest BCUT2D eigenvalue weighted by atomic mass is 19.4. The lowest BCUT2D eigenvalue weighted by Crippen LogP contribution is -2.71. The van der Waals surface area contributed by atoms with E-state index in [1.165, 1.54) is 0 Å². The smallest absolute Gasteiger partial charge is 0.346 e. The number of rotatable bonds is 11. The van der Waals surface area contributed by atoms with Crippen LogP contribution in [0.25, 0.3) is 0 Å². The van der Waals surface area contributed by atoms with Crippen LogP contribution in [0.4, 0.5) is 114 Å². The topological polar surface area (TPSA) is 29.1 Å². The summed E-state index contributed by atoms with van der Waals surface area (Å²) in [6, 6.07) is 0. The first-order valence-corrected chi connectivity index (χ1v) is 9.77. The molecule has 0 aromatic rings. The summed E-state index contributed by atoms with van der Waals surface area (Å²) in [5.41, 5.74) is 0. The Morgan fingerprint density at radius 3 is 0.933 bits per heavy atom. The molecule has 0 aliphatic rings. The van der Waals surface area contributed by atoms with Gasteiger partial charge in [0.1, 0.15) is 0 Å². The lowest BCUT2D eigenvalue weighted by Gasteiger charge is -2.39. The van der Waals surface area contributed by atoms with Gasteiger partial charge in [0.15, 0.2) is 0 Å². The SMILES string of the molecule is C=CC(=O)NCC(F)(F)C(F)(F)C(F)(F)C(F)(F)C(F)(F)C(F)(F)F.CC(F)(F)C(F)(F)C(F)(F)C(F)(F)C(F)(F)C(F)(F)F.